The van der Waals surface area contributed by atoms with Crippen molar-refractivity contribution < 1.29 is 131 Å². The first kappa shape index (κ1) is 108. The molecule has 0 aliphatic heterocycles. The summed E-state index contributed by atoms with van der Waals surface area (Å²) in [5.74, 6) is 0. The van der Waals surface area contributed by atoms with Crippen molar-refractivity contribution in [2.45, 2.75) is 198 Å². The van der Waals surface area contributed by atoms with Crippen LogP contribution in [0.1, 0.15) is 190 Å². The molecule has 4 aromatic carbocycles. The predicted molar refractivity (Wildman–Crippen MR) is 324 cm³/mol. The van der Waals surface area contributed by atoms with Gasteiger partial charge >= 0.3 is 0 Å². The third kappa shape index (κ3) is 125. The largest absolute Gasteiger partial charge is 0.394 e. The van der Waals surface area contributed by atoms with Crippen molar-refractivity contribution in [3.63, 3.8) is 0 Å². The number of hydrogen-bond donors (Lipinski definition) is 0. The fourth-order valence-electron chi connectivity index (χ4n) is 3.85. The summed E-state index contributed by atoms with van der Waals surface area (Å²) in [4.78, 5) is 0. The zero-order chi connectivity index (χ0) is 56.0. The van der Waals surface area contributed by atoms with E-state index in [1.54, 1.807) is 6.08 Å². The van der Waals surface area contributed by atoms with Crippen LogP contribution < -0.4 is 0 Å². The number of aryl methyl sites for hydroxylation is 6. The van der Waals surface area contributed by atoms with Crippen molar-refractivity contribution in [3.05, 3.63) is 241 Å². The SMILES string of the molecule is C1CCCC1.CC.CC.CC.CC.CC.CC.C[C-]=CC=[C-]C.Cc1ccc(C)cc1.Cc1cccc(C)c1.Cc1ccccc1C.[CH-]=C(C)C=[C-]C.[CH-]=CC(C)=[C-]C.[CH-]=CC=[CH-].[Y].[Y].[Y].[Y].c1ccccc1. The van der Waals surface area contributed by atoms with Crippen LogP contribution in [0.25, 0.3) is 0 Å². The van der Waals surface area contributed by atoms with Gasteiger partial charge in [0.05, 0.1) is 0 Å². The molecule has 1 saturated carbocycles. The van der Waals surface area contributed by atoms with E-state index in [1.165, 1.54) is 83.7 Å². The van der Waals surface area contributed by atoms with Crippen molar-refractivity contribution in [2.75, 3.05) is 0 Å². The van der Waals surface area contributed by atoms with Crippen molar-refractivity contribution >= 4 is 0 Å². The molecule has 0 heterocycles. The predicted octanol–water partition coefficient (Wildman–Crippen LogP) is 22.9. The van der Waals surface area contributed by atoms with Gasteiger partial charge in [-0.15, -0.1) is 41.5 Å². The molecular formula is C69H110Y4-8. The Balaban J connectivity index is -0.0000000435. The van der Waals surface area contributed by atoms with Crippen LogP contribution in [0.2, 0.25) is 0 Å². The molecule has 0 saturated heterocycles. The van der Waals surface area contributed by atoms with Crippen LogP contribution in [0.4, 0.5) is 0 Å². The molecule has 0 amide bonds. The molecule has 73 heavy (non-hydrogen) atoms. The molecule has 0 spiro atoms. The maximum absolute atomic E-state index is 5.20. The molecule has 4 aromatic rings. The second-order valence-corrected chi connectivity index (χ2v) is 12.9. The molecule has 4 heteroatoms. The second-order valence-electron chi connectivity index (χ2n) is 12.9. The molecule has 0 nitrogen and oxygen atoms in total. The van der Waals surface area contributed by atoms with Gasteiger partial charge in [-0.3, -0.25) is 0 Å². The Bertz CT molecular complexity index is 1510. The molecule has 0 atom stereocenters. The molecule has 5 rings (SSSR count). The Morgan fingerprint density at radius 2 is 0.671 bits per heavy atom. The Hall–Kier alpha value is -0.784. The van der Waals surface area contributed by atoms with E-state index in [9.17, 15) is 0 Å². The second kappa shape index (κ2) is 111. The zero-order valence-electron chi connectivity index (χ0n) is 52.0. The normalized spacial score (nSPS) is 8.79. The van der Waals surface area contributed by atoms with Gasteiger partial charge in [-0.2, -0.15) is 0 Å². The fraction of sp³-hybridized carbons (Fsp3) is 0.420. The molecule has 0 aromatic heterocycles. The van der Waals surface area contributed by atoms with Gasteiger partial charge in [0.25, 0.3) is 0 Å². The molecule has 406 valence electrons. The van der Waals surface area contributed by atoms with E-state index in [0.717, 1.165) is 11.1 Å². The first-order valence-corrected chi connectivity index (χ1v) is 25.6. The van der Waals surface area contributed by atoms with Crippen LogP contribution in [0.15, 0.2) is 157 Å². The number of benzene rings is 4. The first-order valence-electron chi connectivity index (χ1n) is 25.6. The maximum atomic E-state index is 5.20. The summed E-state index contributed by atoms with van der Waals surface area (Å²) < 4.78 is 0. The Kier molecular flexibility index (Phi) is 164. The van der Waals surface area contributed by atoms with Crippen molar-refractivity contribution in [3.8, 4) is 0 Å². The maximum Gasteiger partial charge on any atom is 0 e. The monoisotopic (exact) mass is 1290 g/mol. The van der Waals surface area contributed by atoms with Gasteiger partial charge in [0.2, 0.25) is 0 Å². The molecule has 1 fully saturated rings. The molecule has 4 radical (unpaired) electrons. The van der Waals surface area contributed by atoms with Gasteiger partial charge < -0.3 is 98.2 Å². The summed E-state index contributed by atoms with van der Waals surface area (Å²) in [6.45, 7) is 67.4. The zero-order valence-corrected chi connectivity index (χ0v) is 63.4. The van der Waals surface area contributed by atoms with Crippen LogP contribution in [-0.2, 0) is 131 Å². The molecule has 1 aliphatic carbocycles. The summed E-state index contributed by atoms with van der Waals surface area (Å²) >= 11 is 0. The third-order valence-electron chi connectivity index (χ3n) is 7.28. The minimum Gasteiger partial charge on any atom is -0.394 e. The van der Waals surface area contributed by atoms with Gasteiger partial charge in [-0.25, -0.2) is 0 Å². The smallest absolute Gasteiger partial charge is 0 e. The average Bonchev–Trinajstić information content (AvgIpc) is 4.01. The van der Waals surface area contributed by atoms with Crippen LogP contribution >= 0.6 is 0 Å². The van der Waals surface area contributed by atoms with E-state index in [4.69, 9.17) is 26.3 Å². The number of allylic oxidation sites excluding steroid dienone is 12. The van der Waals surface area contributed by atoms with Gasteiger partial charge in [0.15, 0.2) is 0 Å². The summed E-state index contributed by atoms with van der Waals surface area (Å²) in [6, 6.07) is 37.3. The third-order valence-corrected chi connectivity index (χ3v) is 7.28. The quantitative estimate of drug-likeness (QED) is 0.141. The van der Waals surface area contributed by atoms with Gasteiger partial charge in [0, 0.05) is 131 Å². The van der Waals surface area contributed by atoms with Crippen LogP contribution in [0.5, 0.6) is 0 Å². The summed E-state index contributed by atoms with van der Waals surface area (Å²) in [5.41, 5.74) is 9.87. The van der Waals surface area contributed by atoms with E-state index in [1.807, 2.05) is 173 Å². The van der Waals surface area contributed by atoms with Crippen molar-refractivity contribution in [1.29, 1.82) is 0 Å². The Morgan fingerprint density at radius 3 is 0.795 bits per heavy atom. The van der Waals surface area contributed by atoms with Gasteiger partial charge in [0.1, 0.15) is 0 Å². The van der Waals surface area contributed by atoms with E-state index in [2.05, 4.69) is 139 Å². The van der Waals surface area contributed by atoms with Gasteiger partial charge in [-0.1, -0.05) is 247 Å². The van der Waals surface area contributed by atoms with E-state index in [-0.39, 0.29) is 131 Å². The van der Waals surface area contributed by atoms with Crippen LogP contribution in [0, 0.1) is 92.2 Å². The molecular weight excluding hydrogens is 1180 g/mol. The molecule has 1 aliphatic rings. The molecule has 0 N–H and O–H groups in total. The standard InChI is InChI=1S/3C8H10.C6H6.3C6H8.C5H10.C4H4.6C2H6.4Y/c1-7-3-5-8(2)6-4-7;1-7-4-3-5-8(2)6-7;1-7-5-3-4-6-8(7)2;1-2-4-6-5-3-1;1-4-5-6(2)3;1-4-6(3)5-2;1-3-5-6-4-2;1-2-4-5-3-1;1-3-4-2;6*1-2;;;;/h3*3-6H,1-2H3;1-6H;2,5H,1,3H3;1,4H,2-3H3;5-6H,1-2H3;1-5H2;1-4H;6*1-2H3;;;;/q;;;;3*-2;;-2;;;;;;;;;;. The molecule has 0 bridgehead atoms. The van der Waals surface area contributed by atoms with Crippen LogP contribution in [0.3, 0.4) is 0 Å². The summed E-state index contributed by atoms with van der Waals surface area (Å²) in [6.07, 6.45) is 28.2. The van der Waals surface area contributed by atoms with Crippen molar-refractivity contribution in [2.24, 2.45) is 0 Å². The van der Waals surface area contributed by atoms with E-state index in [0.29, 0.717) is 0 Å². The average molecular weight is 1300 g/mol. The van der Waals surface area contributed by atoms with E-state index < -0.39 is 0 Å². The summed E-state index contributed by atoms with van der Waals surface area (Å²) in [5, 5.41) is 0. The van der Waals surface area contributed by atoms with E-state index >= 15 is 0 Å². The van der Waals surface area contributed by atoms with Crippen LogP contribution in [-0.4, -0.2) is 0 Å². The topological polar surface area (TPSA) is 0 Å². The number of rotatable bonds is 4. The fourth-order valence-corrected chi connectivity index (χ4v) is 3.85. The first-order chi connectivity index (χ1) is 33.3. The number of hydrogen-bond acceptors (Lipinski definition) is 0. The summed E-state index contributed by atoms with van der Waals surface area (Å²) in [7, 11) is 0. The molecule has 0 unspecified atom stereocenters. The Morgan fingerprint density at radius 1 is 0.397 bits per heavy atom. The minimum atomic E-state index is 0. The Labute approximate surface area is 562 Å². The van der Waals surface area contributed by atoms with Crippen molar-refractivity contribution in [1.82, 2.24) is 0 Å². The van der Waals surface area contributed by atoms with Gasteiger partial charge in [-0.05, 0) is 52.7 Å². The minimum absolute atomic E-state index is 0.